The summed E-state index contributed by atoms with van der Waals surface area (Å²) in [4.78, 5) is 27.4. The second-order valence-corrected chi connectivity index (χ2v) is 7.77. The second kappa shape index (κ2) is 7.14. The third kappa shape index (κ3) is 3.81. The molecule has 1 aromatic rings. The van der Waals surface area contributed by atoms with Gasteiger partial charge in [-0.25, -0.2) is 9.69 Å². The predicted octanol–water partition coefficient (Wildman–Crippen LogP) is 2.18. The molecule has 3 amide bonds. The third-order valence-electron chi connectivity index (χ3n) is 5.72. The lowest BCUT2D eigenvalue weighted by atomic mass is 9.73. The molecule has 1 heterocycles. The van der Waals surface area contributed by atoms with E-state index in [0.717, 1.165) is 36.3 Å². The van der Waals surface area contributed by atoms with Crippen LogP contribution in [0.1, 0.15) is 43.7 Å². The summed E-state index contributed by atoms with van der Waals surface area (Å²) in [5.41, 5.74) is -0.760. The first-order chi connectivity index (χ1) is 12.6. The molecule has 2 aliphatic rings. The number of rotatable bonds is 4. The molecule has 1 aliphatic heterocycles. The maximum Gasteiger partial charge on any atom is 0.416 e. The summed E-state index contributed by atoms with van der Waals surface area (Å²) in [7, 11) is 1.81. The van der Waals surface area contributed by atoms with Gasteiger partial charge in [0.05, 0.1) is 12.6 Å². The lowest BCUT2D eigenvalue weighted by Gasteiger charge is -2.36. The fraction of sp³-hybridized carbons (Fsp3) is 0.579. The van der Waals surface area contributed by atoms with Crippen LogP contribution in [0, 0.1) is 5.92 Å². The maximum absolute atomic E-state index is 13.0. The van der Waals surface area contributed by atoms with Crippen molar-refractivity contribution in [2.24, 2.45) is 5.92 Å². The van der Waals surface area contributed by atoms with E-state index < -0.39 is 17.3 Å². The van der Waals surface area contributed by atoms with Crippen molar-refractivity contribution in [3.05, 3.63) is 35.4 Å². The van der Waals surface area contributed by atoms with Crippen LogP contribution in [0.15, 0.2) is 24.3 Å². The first-order valence-electron chi connectivity index (χ1n) is 9.25. The molecule has 2 N–H and O–H groups in total. The fourth-order valence-corrected chi connectivity index (χ4v) is 4.12. The number of amides is 3. The van der Waals surface area contributed by atoms with E-state index in [4.69, 9.17) is 0 Å². The summed E-state index contributed by atoms with van der Waals surface area (Å²) in [5, 5.41) is 2.91. The van der Waals surface area contributed by atoms with Crippen molar-refractivity contribution in [1.82, 2.24) is 10.2 Å². The van der Waals surface area contributed by atoms with E-state index in [9.17, 15) is 22.8 Å². The zero-order chi connectivity index (χ0) is 19.8. The van der Waals surface area contributed by atoms with E-state index in [-0.39, 0.29) is 24.5 Å². The van der Waals surface area contributed by atoms with Gasteiger partial charge in [0.15, 0.2) is 6.67 Å². The van der Waals surface area contributed by atoms with Crippen LogP contribution in [0.25, 0.3) is 0 Å². The topological polar surface area (TPSA) is 53.9 Å². The van der Waals surface area contributed by atoms with Crippen LogP contribution >= 0.6 is 0 Å². The number of hydrogen-bond acceptors (Lipinski definition) is 2. The van der Waals surface area contributed by atoms with Crippen LogP contribution in [0.4, 0.5) is 18.0 Å². The van der Waals surface area contributed by atoms with Crippen LogP contribution in [0.2, 0.25) is 0 Å². The van der Waals surface area contributed by atoms with E-state index in [1.807, 2.05) is 14.0 Å². The molecule has 27 heavy (non-hydrogen) atoms. The lowest BCUT2D eigenvalue weighted by molar-refractivity contribution is -0.901. The molecule has 1 saturated carbocycles. The van der Waals surface area contributed by atoms with Crippen molar-refractivity contribution in [3.63, 3.8) is 0 Å². The summed E-state index contributed by atoms with van der Waals surface area (Å²) in [6.45, 7) is 2.59. The van der Waals surface area contributed by atoms with Crippen molar-refractivity contribution >= 4 is 11.9 Å². The first kappa shape index (κ1) is 19.7. The van der Waals surface area contributed by atoms with Crippen molar-refractivity contribution in [1.29, 1.82) is 0 Å². The lowest BCUT2D eigenvalue weighted by Crippen LogP contribution is -3.09. The standard InChI is InChI=1S/C19H24F3N3O2/c1-13-5-3-4-10-18(13)16(26)25(17(27)23-18)12-24(2)11-14-6-8-15(9-7-14)19(20,21)22/h6-9,13H,3-5,10-12H2,1-2H3,(H,23,27)/p+1/t13-,18+/m1/s1. The van der Waals surface area contributed by atoms with E-state index in [0.29, 0.717) is 18.5 Å². The number of imide groups is 1. The number of quaternary nitrogens is 1. The van der Waals surface area contributed by atoms with Gasteiger partial charge in [-0.2, -0.15) is 13.2 Å². The number of carbonyl (C=O) groups excluding carboxylic acids is 2. The molecular formula is C19H25F3N3O2+. The van der Waals surface area contributed by atoms with Crippen LogP contribution in [0.5, 0.6) is 0 Å². The maximum atomic E-state index is 13.0. The molecule has 1 saturated heterocycles. The summed E-state index contributed by atoms with van der Waals surface area (Å²) in [6, 6.07) is 4.59. The number of alkyl halides is 3. The second-order valence-electron chi connectivity index (χ2n) is 7.77. The first-order valence-corrected chi connectivity index (χ1v) is 9.25. The monoisotopic (exact) mass is 384 g/mol. The quantitative estimate of drug-likeness (QED) is 0.782. The zero-order valence-electron chi connectivity index (χ0n) is 15.5. The van der Waals surface area contributed by atoms with E-state index >= 15 is 0 Å². The Labute approximate surface area is 156 Å². The van der Waals surface area contributed by atoms with Crippen LogP contribution < -0.4 is 10.2 Å². The van der Waals surface area contributed by atoms with Gasteiger partial charge in [-0.1, -0.05) is 31.9 Å². The highest BCUT2D eigenvalue weighted by atomic mass is 19.4. The van der Waals surface area contributed by atoms with Gasteiger partial charge in [-0.3, -0.25) is 4.79 Å². The van der Waals surface area contributed by atoms with Crippen LogP contribution in [-0.2, 0) is 17.5 Å². The third-order valence-corrected chi connectivity index (χ3v) is 5.72. The summed E-state index contributed by atoms with van der Waals surface area (Å²) >= 11 is 0. The van der Waals surface area contributed by atoms with E-state index in [1.165, 1.54) is 17.0 Å². The average Bonchev–Trinajstić information content (AvgIpc) is 2.82. The minimum absolute atomic E-state index is 0.0999. The Morgan fingerprint density at radius 1 is 1.22 bits per heavy atom. The normalized spacial score (nSPS) is 27.1. The SMILES string of the molecule is C[C@@H]1CCCC[C@]12NC(=O)N(C[NH+](C)Cc1ccc(C(F)(F)F)cc1)C2=O. The number of urea groups is 1. The fourth-order valence-electron chi connectivity index (χ4n) is 4.12. The Morgan fingerprint density at radius 2 is 1.89 bits per heavy atom. The van der Waals surface area contributed by atoms with E-state index in [1.54, 1.807) is 0 Å². The van der Waals surface area contributed by atoms with Gasteiger partial charge in [0.2, 0.25) is 0 Å². The largest absolute Gasteiger partial charge is 0.416 e. The summed E-state index contributed by atoms with van der Waals surface area (Å²) in [5.74, 6) is -0.0746. The van der Waals surface area contributed by atoms with Gasteiger partial charge in [-0.15, -0.1) is 0 Å². The van der Waals surface area contributed by atoms with Gasteiger partial charge < -0.3 is 10.2 Å². The highest BCUT2D eigenvalue weighted by Crippen LogP contribution is 2.37. The van der Waals surface area contributed by atoms with Crippen LogP contribution in [-0.4, -0.2) is 36.1 Å². The van der Waals surface area contributed by atoms with Crippen molar-refractivity contribution in [2.75, 3.05) is 13.7 Å². The Morgan fingerprint density at radius 3 is 2.48 bits per heavy atom. The van der Waals surface area contributed by atoms with Gasteiger partial charge in [0, 0.05) is 5.56 Å². The highest BCUT2D eigenvalue weighted by molar-refractivity contribution is 6.07. The minimum Gasteiger partial charge on any atom is -0.323 e. The Bertz CT molecular complexity index is 720. The van der Waals surface area contributed by atoms with Crippen LogP contribution in [0.3, 0.4) is 0 Å². The molecule has 2 fully saturated rings. The molecule has 1 spiro atoms. The highest BCUT2D eigenvalue weighted by Gasteiger charge is 2.55. The number of nitrogens with zero attached hydrogens (tertiary/aromatic N) is 1. The Kier molecular flexibility index (Phi) is 5.20. The van der Waals surface area contributed by atoms with Gasteiger partial charge in [0.25, 0.3) is 5.91 Å². The Hall–Kier alpha value is -2.09. The number of nitrogens with one attached hydrogen (secondary N) is 2. The van der Waals surface area contributed by atoms with Gasteiger partial charge in [-0.05, 0) is 30.9 Å². The molecule has 0 radical (unpaired) electrons. The number of benzene rings is 1. The molecular weight excluding hydrogens is 359 g/mol. The predicted molar refractivity (Wildman–Crippen MR) is 92.6 cm³/mol. The molecule has 5 nitrogen and oxygen atoms in total. The minimum atomic E-state index is -4.36. The van der Waals surface area contributed by atoms with Gasteiger partial charge in [0.1, 0.15) is 12.1 Å². The van der Waals surface area contributed by atoms with Crippen molar-refractivity contribution in [3.8, 4) is 0 Å². The molecule has 3 atom stereocenters. The molecule has 1 aliphatic carbocycles. The zero-order valence-corrected chi connectivity index (χ0v) is 15.5. The summed E-state index contributed by atoms with van der Waals surface area (Å²) < 4.78 is 38.0. The number of carbonyl (C=O) groups is 2. The summed E-state index contributed by atoms with van der Waals surface area (Å²) in [6.07, 6.45) is -0.812. The van der Waals surface area contributed by atoms with Gasteiger partial charge >= 0.3 is 12.2 Å². The molecule has 1 aromatic carbocycles. The molecule has 1 unspecified atom stereocenters. The molecule has 148 valence electrons. The Balaban J connectivity index is 1.64. The van der Waals surface area contributed by atoms with E-state index in [2.05, 4.69) is 5.32 Å². The van der Waals surface area contributed by atoms with Crippen molar-refractivity contribution in [2.45, 2.75) is 50.9 Å². The average molecular weight is 384 g/mol. The molecule has 3 rings (SSSR count). The molecule has 0 bridgehead atoms. The number of hydrogen-bond donors (Lipinski definition) is 2. The number of halogens is 3. The molecule has 0 aromatic heterocycles. The van der Waals surface area contributed by atoms with Crippen molar-refractivity contribution < 1.29 is 27.7 Å². The smallest absolute Gasteiger partial charge is 0.323 e. The molecule has 8 heteroatoms.